The monoisotopic (exact) mass is 363 g/mol. The highest BCUT2D eigenvalue weighted by Crippen LogP contribution is 2.21. The van der Waals surface area contributed by atoms with Crippen LogP contribution in [-0.2, 0) is 14.6 Å². The summed E-state index contributed by atoms with van der Waals surface area (Å²) in [6.07, 6.45) is -0.541. The highest BCUT2D eigenvalue weighted by atomic mass is 32.2. The molecule has 2 aromatic rings. The zero-order chi connectivity index (χ0) is 18.0. The van der Waals surface area contributed by atoms with Crippen molar-refractivity contribution in [2.24, 2.45) is 0 Å². The number of carbonyl (C=O) groups excluding carboxylic acids is 1. The average Bonchev–Trinajstić information content (AvgIpc) is 2.88. The summed E-state index contributed by atoms with van der Waals surface area (Å²) in [4.78, 5) is 12.4. The molecule has 1 N–H and O–H groups in total. The van der Waals surface area contributed by atoms with Crippen LogP contribution in [-0.4, -0.2) is 45.1 Å². The van der Waals surface area contributed by atoms with Crippen LogP contribution in [0.15, 0.2) is 48.5 Å². The highest BCUT2D eigenvalue weighted by molar-refractivity contribution is 7.91. The van der Waals surface area contributed by atoms with Gasteiger partial charge in [0, 0.05) is 12.7 Å². The predicted molar refractivity (Wildman–Crippen MR) is 92.5 cm³/mol. The number of sulfone groups is 1. The van der Waals surface area contributed by atoms with E-state index in [2.05, 4.69) is 5.32 Å². The first kappa shape index (κ1) is 17.6. The molecule has 3 rings (SSSR count). The minimum atomic E-state index is -3.21. The van der Waals surface area contributed by atoms with Gasteiger partial charge in [0.05, 0.1) is 23.7 Å². The van der Waals surface area contributed by atoms with Crippen LogP contribution in [0.3, 0.4) is 0 Å². The first-order valence-corrected chi connectivity index (χ1v) is 9.60. The van der Waals surface area contributed by atoms with Gasteiger partial charge in [-0.05, 0) is 35.4 Å². The molecule has 1 saturated heterocycles. The fourth-order valence-corrected chi connectivity index (χ4v) is 4.77. The van der Waals surface area contributed by atoms with Crippen LogP contribution in [0, 0.1) is 5.82 Å². The van der Waals surface area contributed by atoms with Gasteiger partial charge in [-0.15, -0.1) is 0 Å². The summed E-state index contributed by atoms with van der Waals surface area (Å²) >= 11 is 0. The van der Waals surface area contributed by atoms with E-state index in [1.165, 1.54) is 19.2 Å². The SMILES string of the molecule is CO[C@@H]1CS(=O)(=O)C[C@H]1NC(=O)c1ccc(-c2cccc(F)c2)cc1. The topological polar surface area (TPSA) is 72.5 Å². The molecule has 0 aliphatic carbocycles. The van der Waals surface area contributed by atoms with Gasteiger partial charge in [0.15, 0.2) is 9.84 Å². The van der Waals surface area contributed by atoms with Crippen molar-refractivity contribution in [3.63, 3.8) is 0 Å². The zero-order valence-electron chi connectivity index (χ0n) is 13.6. The lowest BCUT2D eigenvalue weighted by Gasteiger charge is -2.18. The summed E-state index contributed by atoms with van der Waals surface area (Å²) in [6.45, 7) is 0. The molecule has 0 radical (unpaired) electrons. The quantitative estimate of drug-likeness (QED) is 0.902. The maximum atomic E-state index is 13.3. The molecule has 25 heavy (non-hydrogen) atoms. The number of ether oxygens (including phenoxy) is 1. The third-order valence-electron chi connectivity index (χ3n) is 4.22. The molecule has 1 heterocycles. The minimum Gasteiger partial charge on any atom is -0.378 e. The molecular weight excluding hydrogens is 345 g/mol. The summed E-state index contributed by atoms with van der Waals surface area (Å²) in [6, 6.07) is 12.3. The number of amides is 1. The number of methoxy groups -OCH3 is 1. The third-order valence-corrected chi connectivity index (χ3v) is 5.93. The predicted octanol–water partition coefficient (Wildman–Crippen LogP) is 2.03. The number of halogens is 1. The van der Waals surface area contributed by atoms with E-state index in [0.717, 1.165) is 5.56 Å². The first-order chi connectivity index (χ1) is 11.9. The standard InChI is InChI=1S/C18H18FNO4S/c1-24-17-11-25(22,23)10-16(17)20-18(21)13-7-5-12(6-8-13)14-3-2-4-15(19)9-14/h2-9,16-17H,10-11H2,1H3,(H,20,21)/t16-,17-/m1/s1. The maximum Gasteiger partial charge on any atom is 0.251 e. The molecule has 0 bridgehead atoms. The second-order valence-electron chi connectivity index (χ2n) is 6.02. The Morgan fingerprint density at radius 2 is 1.84 bits per heavy atom. The highest BCUT2D eigenvalue weighted by Gasteiger charge is 2.38. The van der Waals surface area contributed by atoms with Crippen LogP contribution in [0.25, 0.3) is 11.1 Å². The largest absolute Gasteiger partial charge is 0.378 e. The number of carbonyl (C=O) groups is 1. The second-order valence-corrected chi connectivity index (χ2v) is 8.17. The molecule has 1 aliphatic rings. The minimum absolute atomic E-state index is 0.0903. The Balaban J connectivity index is 1.73. The van der Waals surface area contributed by atoms with E-state index in [0.29, 0.717) is 11.1 Å². The fourth-order valence-electron chi connectivity index (χ4n) is 2.92. The van der Waals surface area contributed by atoms with E-state index in [4.69, 9.17) is 4.74 Å². The van der Waals surface area contributed by atoms with Gasteiger partial charge in [-0.2, -0.15) is 0 Å². The number of hydrogen-bond acceptors (Lipinski definition) is 4. The lowest BCUT2D eigenvalue weighted by atomic mass is 10.0. The molecular formula is C18H18FNO4S. The number of nitrogens with one attached hydrogen (secondary N) is 1. The van der Waals surface area contributed by atoms with Crippen LogP contribution in [0.4, 0.5) is 4.39 Å². The van der Waals surface area contributed by atoms with Gasteiger partial charge in [-0.25, -0.2) is 12.8 Å². The van der Waals surface area contributed by atoms with Crippen molar-refractivity contribution < 1.29 is 22.3 Å². The molecule has 0 aromatic heterocycles. The molecule has 7 heteroatoms. The van der Waals surface area contributed by atoms with E-state index in [1.807, 2.05) is 0 Å². The van der Waals surface area contributed by atoms with Crippen molar-refractivity contribution in [3.8, 4) is 11.1 Å². The summed E-state index contributed by atoms with van der Waals surface area (Å²) in [5.74, 6) is -0.909. The van der Waals surface area contributed by atoms with Crippen LogP contribution in [0.1, 0.15) is 10.4 Å². The summed E-state index contributed by atoms with van der Waals surface area (Å²) in [5.41, 5.74) is 1.90. The molecule has 1 aliphatic heterocycles. The van der Waals surface area contributed by atoms with Crippen molar-refractivity contribution in [1.29, 1.82) is 0 Å². The van der Waals surface area contributed by atoms with Crippen molar-refractivity contribution in [2.45, 2.75) is 12.1 Å². The Labute approximate surface area is 145 Å². The Morgan fingerprint density at radius 1 is 1.12 bits per heavy atom. The molecule has 2 aromatic carbocycles. The van der Waals surface area contributed by atoms with Gasteiger partial charge < -0.3 is 10.1 Å². The van der Waals surface area contributed by atoms with Gasteiger partial charge in [0.2, 0.25) is 0 Å². The number of benzene rings is 2. The molecule has 1 fully saturated rings. The number of hydrogen-bond donors (Lipinski definition) is 1. The van der Waals surface area contributed by atoms with Crippen LogP contribution >= 0.6 is 0 Å². The Hall–Kier alpha value is -2.25. The second kappa shape index (κ2) is 6.93. The van der Waals surface area contributed by atoms with Gasteiger partial charge in [0.1, 0.15) is 5.82 Å². The normalized spacial score (nSPS) is 21.8. The Morgan fingerprint density at radius 3 is 2.48 bits per heavy atom. The molecule has 0 saturated carbocycles. The molecule has 2 atom stereocenters. The number of rotatable bonds is 4. The molecule has 1 amide bonds. The Kier molecular flexibility index (Phi) is 4.87. The first-order valence-electron chi connectivity index (χ1n) is 7.78. The smallest absolute Gasteiger partial charge is 0.251 e. The molecule has 132 valence electrons. The third kappa shape index (κ3) is 4.05. The summed E-state index contributed by atoms with van der Waals surface area (Å²) in [5, 5.41) is 2.72. The van der Waals surface area contributed by atoms with Gasteiger partial charge in [-0.3, -0.25) is 4.79 Å². The maximum absolute atomic E-state index is 13.3. The van der Waals surface area contributed by atoms with Gasteiger partial charge >= 0.3 is 0 Å². The molecule has 0 unspecified atom stereocenters. The molecule has 5 nitrogen and oxygen atoms in total. The lowest BCUT2D eigenvalue weighted by molar-refractivity contribution is 0.0786. The summed E-state index contributed by atoms with van der Waals surface area (Å²) < 4.78 is 41.8. The van der Waals surface area contributed by atoms with Crippen molar-refractivity contribution in [3.05, 3.63) is 59.9 Å². The fraction of sp³-hybridized carbons (Fsp3) is 0.278. The van der Waals surface area contributed by atoms with Crippen LogP contribution in [0.2, 0.25) is 0 Å². The average molecular weight is 363 g/mol. The zero-order valence-corrected chi connectivity index (χ0v) is 14.4. The van der Waals surface area contributed by atoms with Crippen molar-refractivity contribution in [1.82, 2.24) is 5.32 Å². The van der Waals surface area contributed by atoms with E-state index in [1.54, 1.807) is 36.4 Å². The van der Waals surface area contributed by atoms with Crippen LogP contribution < -0.4 is 5.32 Å². The molecule has 0 spiro atoms. The Bertz CT molecular complexity index is 880. The van der Waals surface area contributed by atoms with Gasteiger partial charge in [0.25, 0.3) is 5.91 Å². The van der Waals surface area contributed by atoms with Crippen molar-refractivity contribution >= 4 is 15.7 Å². The lowest BCUT2D eigenvalue weighted by Crippen LogP contribution is -2.43. The van der Waals surface area contributed by atoms with Gasteiger partial charge in [-0.1, -0.05) is 24.3 Å². The van der Waals surface area contributed by atoms with Crippen LogP contribution in [0.5, 0.6) is 0 Å². The van der Waals surface area contributed by atoms with E-state index in [-0.39, 0.29) is 23.2 Å². The van der Waals surface area contributed by atoms with E-state index >= 15 is 0 Å². The van der Waals surface area contributed by atoms with E-state index < -0.39 is 22.0 Å². The summed E-state index contributed by atoms with van der Waals surface area (Å²) in [7, 11) is -1.78. The van der Waals surface area contributed by atoms with E-state index in [9.17, 15) is 17.6 Å². The van der Waals surface area contributed by atoms with Crippen molar-refractivity contribution in [2.75, 3.05) is 18.6 Å².